The molecule has 422 valence electrons. The van der Waals surface area contributed by atoms with E-state index in [0.29, 0.717) is 31.0 Å². The van der Waals surface area contributed by atoms with Crippen molar-refractivity contribution in [1.29, 1.82) is 0 Å². The molecule has 0 aromatic heterocycles. The van der Waals surface area contributed by atoms with Crippen molar-refractivity contribution in [2.24, 2.45) is 5.92 Å². The van der Waals surface area contributed by atoms with E-state index in [9.17, 15) is 19.2 Å². The van der Waals surface area contributed by atoms with Gasteiger partial charge in [0.25, 0.3) is 0 Å². The van der Waals surface area contributed by atoms with Crippen LogP contribution in [0.15, 0.2) is 5.57 Å². The second-order valence-corrected chi connectivity index (χ2v) is 24.0. The smallest absolute Gasteiger partial charge is 0.323 e. The number of esters is 3. The first kappa shape index (κ1) is 71.7. The first-order chi connectivity index (χ1) is 35.0. The summed E-state index contributed by atoms with van der Waals surface area (Å²) < 4.78 is 14.5. The Kier molecular flexibility index (Phi) is 51.2. The van der Waals surface area contributed by atoms with E-state index in [4.69, 9.17) is 51.7 Å². The molecule has 0 bridgehead atoms. The van der Waals surface area contributed by atoms with E-state index in [2.05, 4.69) is 51.7 Å². The molecular formula is C59H108O7S6. The second-order valence-electron chi connectivity index (χ2n) is 20.8. The minimum atomic E-state index is -1.39. The Balaban J connectivity index is 4.68. The van der Waals surface area contributed by atoms with Gasteiger partial charge in [0.15, 0.2) is 5.05 Å². The van der Waals surface area contributed by atoms with Crippen LogP contribution in [0.2, 0.25) is 0 Å². The summed E-state index contributed by atoms with van der Waals surface area (Å²) in [5, 5.41) is -0.0478. The molecule has 72 heavy (non-hydrogen) atoms. The largest absolute Gasteiger partial charge is 0.465 e. The number of unbranched alkanes of at least 4 members (excludes halogenated alkanes) is 36. The summed E-state index contributed by atoms with van der Waals surface area (Å²) in [6, 6.07) is 0. The molecule has 13 heteroatoms. The Hall–Kier alpha value is -0.300. The molecule has 0 aliphatic carbocycles. The van der Waals surface area contributed by atoms with Gasteiger partial charge in [-0.25, -0.2) is 4.79 Å². The lowest BCUT2D eigenvalue weighted by Gasteiger charge is -2.34. The molecule has 0 aliphatic heterocycles. The maximum atomic E-state index is 13.8. The number of hydrogen-bond donors (Lipinski definition) is 5. The second kappa shape index (κ2) is 51.5. The van der Waals surface area contributed by atoms with Crippen LogP contribution in [0, 0.1) is 5.92 Å². The van der Waals surface area contributed by atoms with Gasteiger partial charge in [-0.05, 0) is 37.9 Å². The van der Waals surface area contributed by atoms with Crippen LogP contribution < -0.4 is 0 Å². The third-order valence-electron chi connectivity index (χ3n) is 14.3. The van der Waals surface area contributed by atoms with Gasteiger partial charge in [-0.3, -0.25) is 14.4 Å². The van der Waals surface area contributed by atoms with Crippen molar-refractivity contribution in [2.45, 2.75) is 299 Å². The molecule has 0 saturated heterocycles. The monoisotopic (exact) mass is 1120 g/mol. The molecule has 0 spiro atoms. The highest BCUT2D eigenvalue weighted by molar-refractivity contribution is 7.86. The van der Waals surface area contributed by atoms with E-state index in [1.54, 1.807) is 0 Å². The van der Waals surface area contributed by atoms with Crippen LogP contribution in [0.1, 0.15) is 290 Å². The number of carbonyl (C=O) groups excluding carboxylic acids is 4. The minimum Gasteiger partial charge on any atom is -0.465 e. The number of thiol groups is 5. The van der Waals surface area contributed by atoms with E-state index in [1.165, 1.54) is 173 Å². The summed E-state index contributed by atoms with van der Waals surface area (Å²) in [4.78, 5) is 51.5. The maximum absolute atomic E-state index is 13.8. The minimum absolute atomic E-state index is 0.0436. The molecule has 3 unspecified atom stereocenters. The van der Waals surface area contributed by atoms with Gasteiger partial charge in [0.2, 0.25) is 0 Å². The fourth-order valence-electron chi connectivity index (χ4n) is 9.49. The van der Waals surface area contributed by atoms with E-state index < -0.39 is 27.4 Å². The van der Waals surface area contributed by atoms with Gasteiger partial charge in [0.1, 0.15) is 15.4 Å². The lowest BCUT2D eigenvalue weighted by molar-refractivity contribution is -0.147. The standard InChI is InChI=1S/C59H108O7S6/c1-3-5-7-9-11-13-15-17-19-21-23-25-27-32-36-40-45-64-56(62)58(71,50-68)44-39-35-31-29-30-34-38-42-53(52(49-60)48-55(70)66-54(61)43-47-67)59(72,51-69)57(63)65-46-41-37-33-28-26-24-22-20-18-16-14-12-10-8-6-4-2/h53,67-69,71-72H,3-48,50-51H2,1-2H3. The molecule has 0 fully saturated rings. The maximum Gasteiger partial charge on any atom is 0.323 e. The Morgan fingerprint density at radius 1 is 0.486 bits per heavy atom. The molecule has 0 aromatic rings. The Morgan fingerprint density at radius 2 is 0.833 bits per heavy atom. The lowest BCUT2D eigenvalue weighted by atomic mass is 9.81. The normalized spacial score (nSPS) is 13.5. The van der Waals surface area contributed by atoms with E-state index in [0.717, 1.165) is 77.0 Å². The molecule has 0 heterocycles. The van der Waals surface area contributed by atoms with E-state index in [1.807, 2.05) is 5.94 Å². The fraction of sp³-hybridized carbons (Fsp3) is 0.898. The van der Waals surface area contributed by atoms with Crippen molar-refractivity contribution in [3.05, 3.63) is 5.57 Å². The number of ether oxygens (including phenoxy) is 3. The average Bonchev–Trinajstić information content (AvgIpc) is 3.37. The van der Waals surface area contributed by atoms with E-state index in [-0.39, 0.29) is 41.8 Å². The van der Waals surface area contributed by atoms with Gasteiger partial charge in [0, 0.05) is 35.2 Å². The zero-order valence-electron chi connectivity index (χ0n) is 46.0. The third kappa shape index (κ3) is 39.1. The summed E-state index contributed by atoms with van der Waals surface area (Å²) >= 11 is 28.2. The lowest BCUT2D eigenvalue weighted by Crippen LogP contribution is -2.45. The number of carbonyl (C=O) groups is 3. The van der Waals surface area contributed by atoms with E-state index >= 15 is 0 Å². The van der Waals surface area contributed by atoms with Crippen molar-refractivity contribution in [1.82, 2.24) is 0 Å². The summed E-state index contributed by atoms with van der Waals surface area (Å²) in [7, 11) is 0. The van der Waals surface area contributed by atoms with Crippen molar-refractivity contribution in [2.75, 3.05) is 30.5 Å². The molecule has 0 rings (SSSR count). The SMILES string of the molecule is CCCCCCCCCCCCCCCCCCOC(=O)C(S)(CS)CCCCCCCCCC(C(=C=O)CC(=S)OC(=O)CCS)C(S)(CS)C(=O)OCCCCCCCCCCCCCCCCCC. The van der Waals surface area contributed by atoms with Gasteiger partial charge < -0.3 is 14.2 Å². The van der Waals surface area contributed by atoms with Crippen molar-refractivity contribution < 1.29 is 33.4 Å². The van der Waals surface area contributed by atoms with Gasteiger partial charge in [0.05, 0.1) is 19.6 Å². The zero-order valence-corrected chi connectivity index (χ0v) is 51.3. The van der Waals surface area contributed by atoms with Gasteiger partial charge in [-0.15, -0.1) is 0 Å². The van der Waals surface area contributed by atoms with Crippen LogP contribution in [-0.4, -0.2) is 68.9 Å². The molecule has 3 atom stereocenters. The van der Waals surface area contributed by atoms with Crippen molar-refractivity contribution in [3.63, 3.8) is 0 Å². The quantitative estimate of drug-likeness (QED) is 0.0103. The predicted octanol–water partition coefficient (Wildman–Crippen LogP) is 18.3. The van der Waals surface area contributed by atoms with Crippen LogP contribution in [0.4, 0.5) is 0 Å². The number of rotatable bonds is 54. The molecule has 0 radical (unpaired) electrons. The fourth-order valence-corrected chi connectivity index (χ4v) is 11.1. The zero-order chi connectivity index (χ0) is 53.2. The van der Waals surface area contributed by atoms with Crippen LogP contribution in [-0.2, 0) is 33.4 Å². The Morgan fingerprint density at radius 3 is 1.18 bits per heavy atom. The van der Waals surface area contributed by atoms with Crippen LogP contribution in [0.3, 0.4) is 0 Å². The molecule has 0 aromatic carbocycles. The summed E-state index contributed by atoms with van der Waals surface area (Å²) in [6.45, 7) is 5.27. The molecule has 0 N–H and O–H groups in total. The predicted molar refractivity (Wildman–Crippen MR) is 328 cm³/mol. The van der Waals surface area contributed by atoms with Gasteiger partial charge in [-0.2, -0.15) is 63.1 Å². The summed E-state index contributed by atoms with van der Waals surface area (Å²) in [5.74, 6) is 0.765. The highest BCUT2D eigenvalue weighted by Gasteiger charge is 2.45. The highest BCUT2D eigenvalue weighted by Crippen LogP contribution is 2.38. The molecule has 0 amide bonds. The van der Waals surface area contributed by atoms with Crippen LogP contribution >= 0.6 is 75.4 Å². The molecule has 7 nitrogen and oxygen atoms in total. The summed E-state index contributed by atoms with van der Waals surface area (Å²) in [5.41, 5.74) is 0.227. The first-order valence-electron chi connectivity index (χ1n) is 29.6. The van der Waals surface area contributed by atoms with Gasteiger partial charge in [-0.1, -0.05) is 251 Å². The van der Waals surface area contributed by atoms with Gasteiger partial charge >= 0.3 is 17.9 Å². The van der Waals surface area contributed by atoms with Crippen LogP contribution in [0.25, 0.3) is 0 Å². The number of hydrogen-bond acceptors (Lipinski definition) is 13. The average molecular weight is 1120 g/mol. The molecule has 0 aliphatic rings. The highest BCUT2D eigenvalue weighted by atomic mass is 32.1. The van der Waals surface area contributed by atoms with Crippen molar-refractivity contribution >= 4 is 104 Å². The molecule has 0 saturated carbocycles. The Bertz CT molecular complexity index is 1380. The molecular weight excluding hydrogens is 1010 g/mol. The summed E-state index contributed by atoms with van der Waals surface area (Å²) in [6.07, 6.45) is 48.6. The third-order valence-corrected chi connectivity index (χ3v) is 17.5. The topological polar surface area (TPSA) is 96.0 Å². The number of thiocarbonyl (C=S) groups is 1. The van der Waals surface area contributed by atoms with Crippen molar-refractivity contribution in [3.8, 4) is 0 Å². The first-order valence-corrected chi connectivity index (χ1v) is 32.8. The van der Waals surface area contributed by atoms with Crippen LogP contribution in [0.5, 0.6) is 0 Å². The Labute approximate surface area is 475 Å².